The molecule has 5 unspecified atom stereocenters. The zero-order chi connectivity index (χ0) is 14.8. The average molecular weight is 281 g/mol. The minimum Gasteiger partial charge on any atom is -0.373 e. The maximum atomic E-state index is 6.61. The molecular formula is C18H35NO. The third kappa shape index (κ3) is 4.21. The molecule has 2 nitrogen and oxygen atoms in total. The van der Waals surface area contributed by atoms with Crippen LogP contribution < -0.4 is 5.32 Å². The fourth-order valence-corrected chi connectivity index (χ4v) is 4.67. The minimum atomic E-state index is 0.435. The molecule has 2 saturated carbocycles. The van der Waals surface area contributed by atoms with Gasteiger partial charge in [0.1, 0.15) is 0 Å². The third-order valence-corrected chi connectivity index (χ3v) is 5.56. The average Bonchev–Trinajstić information content (AvgIpc) is 2.36. The van der Waals surface area contributed by atoms with Gasteiger partial charge in [0.05, 0.1) is 12.2 Å². The van der Waals surface area contributed by atoms with Crippen molar-refractivity contribution in [1.29, 1.82) is 0 Å². The molecule has 0 saturated heterocycles. The zero-order valence-electron chi connectivity index (χ0n) is 14.2. The zero-order valence-corrected chi connectivity index (χ0v) is 14.2. The van der Waals surface area contributed by atoms with Gasteiger partial charge in [-0.1, -0.05) is 34.1 Å². The smallest absolute Gasteiger partial charge is 0.0734 e. The van der Waals surface area contributed by atoms with E-state index in [0.29, 0.717) is 23.7 Å². The monoisotopic (exact) mass is 281 g/mol. The highest BCUT2D eigenvalue weighted by molar-refractivity contribution is 4.88. The molecule has 0 heterocycles. The predicted octanol–water partition coefficient (Wildman–Crippen LogP) is 4.38. The van der Waals surface area contributed by atoms with E-state index in [4.69, 9.17) is 4.74 Å². The summed E-state index contributed by atoms with van der Waals surface area (Å²) < 4.78 is 6.61. The van der Waals surface area contributed by atoms with Gasteiger partial charge in [0.2, 0.25) is 0 Å². The van der Waals surface area contributed by atoms with E-state index in [2.05, 4.69) is 40.1 Å². The fourth-order valence-electron chi connectivity index (χ4n) is 4.67. The molecule has 2 rings (SSSR count). The molecule has 0 aromatic carbocycles. The molecule has 0 amide bonds. The molecule has 5 atom stereocenters. The molecule has 1 N–H and O–H groups in total. The second-order valence-corrected chi connectivity index (χ2v) is 8.19. The molecule has 20 heavy (non-hydrogen) atoms. The highest BCUT2D eigenvalue weighted by atomic mass is 16.5. The summed E-state index contributed by atoms with van der Waals surface area (Å²) in [6.45, 7) is 9.53. The van der Waals surface area contributed by atoms with E-state index in [-0.39, 0.29) is 0 Å². The van der Waals surface area contributed by atoms with Gasteiger partial charge < -0.3 is 10.1 Å². The Bertz CT molecular complexity index is 302. The van der Waals surface area contributed by atoms with Crippen LogP contribution in [0.2, 0.25) is 0 Å². The van der Waals surface area contributed by atoms with Gasteiger partial charge in [-0.25, -0.2) is 0 Å². The van der Waals surface area contributed by atoms with E-state index < -0.39 is 0 Å². The molecule has 2 fully saturated rings. The number of hydrogen-bond donors (Lipinski definition) is 1. The van der Waals surface area contributed by atoms with E-state index >= 15 is 0 Å². The summed E-state index contributed by atoms with van der Waals surface area (Å²) in [6.07, 6.45) is 9.98. The van der Waals surface area contributed by atoms with Gasteiger partial charge in [-0.05, 0) is 62.8 Å². The number of likely N-dealkylation sites (N-methyl/N-ethyl adjacent to an activating group) is 1. The van der Waals surface area contributed by atoms with Crippen molar-refractivity contribution in [2.75, 3.05) is 7.05 Å². The first kappa shape index (κ1) is 16.3. The maximum absolute atomic E-state index is 6.61. The molecule has 0 radical (unpaired) electrons. The standard InChI is InChI=1S/C18H35NO/c1-6-14-7-8-16(19-5)17(10-14)20-15-9-13(2)11-18(3,4)12-15/h13-17,19H,6-12H2,1-5H3. The summed E-state index contributed by atoms with van der Waals surface area (Å²) in [5, 5.41) is 3.50. The van der Waals surface area contributed by atoms with E-state index in [1.54, 1.807) is 0 Å². The van der Waals surface area contributed by atoms with Crippen molar-refractivity contribution in [3.63, 3.8) is 0 Å². The Morgan fingerprint density at radius 3 is 2.50 bits per heavy atom. The van der Waals surface area contributed by atoms with Crippen LogP contribution in [0.3, 0.4) is 0 Å². The molecule has 2 aliphatic carbocycles. The lowest BCUT2D eigenvalue weighted by Gasteiger charge is -2.43. The summed E-state index contributed by atoms with van der Waals surface area (Å²) >= 11 is 0. The van der Waals surface area contributed by atoms with Gasteiger partial charge in [-0.15, -0.1) is 0 Å². The molecular weight excluding hydrogens is 246 g/mol. The lowest BCUT2D eigenvalue weighted by molar-refractivity contribution is -0.0942. The highest BCUT2D eigenvalue weighted by Gasteiger charge is 2.36. The minimum absolute atomic E-state index is 0.435. The van der Waals surface area contributed by atoms with Crippen LogP contribution >= 0.6 is 0 Å². The quantitative estimate of drug-likeness (QED) is 0.825. The van der Waals surface area contributed by atoms with Gasteiger partial charge in [0, 0.05) is 6.04 Å². The van der Waals surface area contributed by atoms with E-state index in [1.165, 1.54) is 44.9 Å². The van der Waals surface area contributed by atoms with Crippen LogP contribution in [0.4, 0.5) is 0 Å². The van der Waals surface area contributed by atoms with E-state index in [1.807, 2.05) is 0 Å². The van der Waals surface area contributed by atoms with E-state index in [0.717, 1.165) is 11.8 Å². The molecule has 118 valence electrons. The molecule has 0 aliphatic heterocycles. The summed E-state index contributed by atoms with van der Waals surface area (Å²) in [4.78, 5) is 0. The van der Waals surface area contributed by atoms with Crippen LogP contribution in [-0.4, -0.2) is 25.3 Å². The number of rotatable bonds is 4. The summed E-state index contributed by atoms with van der Waals surface area (Å²) in [6, 6.07) is 0.568. The number of ether oxygens (including phenoxy) is 1. The fraction of sp³-hybridized carbons (Fsp3) is 1.00. The van der Waals surface area contributed by atoms with E-state index in [9.17, 15) is 0 Å². The second-order valence-electron chi connectivity index (χ2n) is 8.19. The second kappa shape index (κ2) is 6.79. The highest BCUT2D eigenvalue weighted by Crippen LogP contribution is 2.41. The maximum Gasteiger partial charge on any atom is 0.0734 e. The largest absolute Gasteiger partial charge is 0.373 e. The topological polar surface area (TPSA) is 21.3 Å². The first-order valence-corrected chi connectivity index (χ1v) is 8.76. The van der Waals surface area contributed by atoms with Gasteiger partial charge in [0.15, 0.2) is 0 Å². The summed E-state index contributed by atoms with van der Waals surface area (Å²) in [5.74, 6) is 1.68. The Kier molecular flexibility index (Phi) is 5.53. The van der Waals surface area contributed by atoms with Crippen molar-refractivity contribution < 1.29 is 4.74 Å². The molecule has 2 heteroatoms. The van der Waals surface area contributed by atoms with Crippen LogP contribution in [0.5, 0.6) is 0 Å². The number of nitrogens with one attached hydrogen (secondary N) is 1. The normalized spacial score (nSPS) is 41.5. The molecule has 0 aromatic heterocycles. The first-order chi connectivity index (χ1) is 9.43. The van der Waals surface area contributed by atoms with Crippen molar-refractivity contribution in [2.45, 2.75) is 90.9 Å². The van der Waals surface area contributed by atoms with Crippen LogP contribution in [0.15, 0.2) is 0 Å². The Hall–Kier alpha value is -0.0800. The lowest BCUT2D eigenvalue weighted by Crippen LogP contribution is -2.47. The first-order valence-electron chi connectivity index (χ1n) is 8.76. The molecule has 0 spiro atoms. The SMILES string of the molecule is CCC1CCC(NC)C(OC2CC(C)CC(C)(C)C2)C1. The Morgan fingerprint density at radius 1 is 1.15 bits per heavy atom. The van der Waals surface area contributed by atoms with Crippen molar-refractivity contribution in [2.24, 2.45) is 17.3 Å². The number of hydrogen-bond acceptors (Lipinski definition) is 2. The van der Waals surface area contributed by atoms with Gasteiger partial charge in [0.25, 0.3) is 0 Å². The Labute approximate surface area is 126 Å². The van der Waals surface area contributed by atoms with Crippen LogP contribution in [0, 0.1) is 17.3 Å². The van der Waals surface area contributed by atoms with Crippen molar-refractivity contribution in [1.82, 2.24) is 5.32 Å². The van der Waals surface area contributed by atoms with Gasteiger partial charge in [-0.3, -0.25) is 0 Å². The van der Waals surface area contributed by atoms with Crippen LogP contribution in [0.25, 0.3) is 0 Å². The molecule has 0 bridgehead atoms. The predicted molar refractivity (Wildman–Crippen MR) is 85.9 cm³/mol. The van der Waals surface area contributed by atoms with Crippen molar-refractivity contribution >= 4 is 0 Å². The van der Waals surface area contributed by atoms with Gasteiger partial charge >= 0.3 is 0 Å². The van der Waals surface area contributed by atoms with Crippen LogP contribution in [0.1, 0.15) is 72.6 Å². The lowest BCUT2D eigenvalue weighted by atomic mass is 9.71. The van der Waals surface area contributed by atoms with Gasteiger partial charge in [-0.2, -0.15) is 0 Å². The third-order valence-electron chi connectivity index (χ3n) is 5.56. The van der Waals surface area contributed by atoms with Crippen molar-refractivity contribution in [3.8, 4) is 0 Å². The van der Waals surface area contributed by atoms with Crippen molar-refractivity contribution in [3.05, 3.63) is 0 Å². The summed E-state index contributed by atoms with van der Waals surface area (Å²) in [7, 11) is 2.10. The molecule has 2 aliphatic rings. The summed E-state index contributed by atoms with van der Waals surface area (Å²) in [5.41, 5.74) is 0.455. The Morgan fingerprint density at radius 2 is 1.90 bits per heavy atom. The Balaban J connectivity index is 1.95. The van der Waals surface area contributed by atoms with Crippen LogP contribution in [-0.2, 0) is 4.74 Å². The molecule has 0 aromatic rings.